The van der Waals surface area contributed by atoms with Crippen LogP contribution in [0, 0.1) is 21.7 Å². The zero-order chi connectivity index (χ0) is 47.7. The first-order valence-electron chi connectivity index (χ1n) is 20.7. The van der Waals surface area contributed by atoms with E-state index in [1.54, 1.807) is 95.2 Å². The molecule has 0 amide bonds. The molecule has 0 aromatic rings. The second-order valence-corrected chi connectivity index (χ2v) is 24.9. The largest absolute Gasteiger partial charge is 0.438 e. The lowest BCUT2D eigenvalue weighted by molar-refractivity contribution is -0.163. The Balaban J connectivity index is 8.37. The number of hydrogen-bond acceptors (Lipinski definition) is 14. The van der Waals surface area contributed by atoms with Gasteiger partial charge in [0.15, 0.2) is 4.90 Å². The molecule has 16 heteroatoms. The molecular formula is C45H78O14P2. The molecule has 0 aliphatic rings. The number of ether oxygens (including phenoxy) is 4. The van der Waals surface area contributed by atoms with E-state index in [0.717, 1.165) is 22.3 Å². The summed E-state index contributed by atoms with van der Waals surface area (Å²) < 4.78 is 77.8. The van der Waals surface area contributed by atoms with Gasteiger partial charge in [-0.1, -0.05) is 46.6 Å². The van der Waals surface area contributed by atoms with E-state index in [4.69, 9.17) is 37.0 Å². The quantitative estimate of drug-likeness (QED) is 0.0294. The van der Waals surface area contributed by atoms with Crippen molar-refractivity contribution in [1.29, 1.82) is 0 Å². The SMILES string of the molecule is CC(C)=CCC/C(C)=C\CC(C/C=C(/C)CCC=C(C)C)(P(=O)(OCOC(=O)C(C)(C)C)OCOC(=O)C(C)(C)C)P(=O)(OCOC(=O)C(C)(C)C)OCOC(=O)C(C)(C)C. The molecule has 0 aliphatic carbocycles. The maximum Gasteiger partial charge on any atom is 0.355 e. The Labute approximate surface area is 367 Å². The van der Waals surface area contributed by atoms with Crippen LogP contribution in [0.1, 0.15) is 163 Å². The van der Waals surface area contributed by atoms with Crippen molar-refractivity contribution in [1.82, 2.24) is 0 Å². The Hall–Kier alpha value is -2.86. The molecule has 14 nitrogen and oxygen atoms in total. The molecule has 0 bridgehead atoms. The molecule has 0 radical (unpaired) electrons. The molecular weight excluding hydrogens is 826 g/mol. The second-order valence-electron chi connectivity index (χ2n) is 19.8. The van der Waals surface area contributed by atoms with Crippen molar-refractivity contribution in [3.8, 4) is 0 Å². The summed E-state index contributed by atoms with van der Waals surface area (Å²) in [6.07, 6.45) is 9.16. The molecule has 0 atom stereocenters. The van der Waals surface area contributed by atoms with Gasteiger partial charge in [-0.15, -0.1) is 0 Å². The summed E-state index contributed by atoms with van der Waals surface area (Å²) >= 11 is 0. The van der Waals surface area contributed by atoms with Gasteiger partial charge in [0.25, 0.3) is 0 Å². The lowest BCUT2D eigenvalue weighted by Gasteiger charge is -2.41. The van der Waals surface area contributed by atoms with Gasteiger partial charge in [-0.05, 0) is 163 Å². The molecule has 0 unspecified atom stereocenters. The Morgan fingerprint density at radius 1 is 0.410 bits per heavy atom. The lowest BCUT2D eigenvalue weighted by atomic mass is 9.98. The van der Waals surface area contributed by atoms with Crippen LogP contribution in [0.2, 0.25) is 0 Å². The van der Waals surface area contributed by atoms with E-state index < -0.39 is 92.8 Å². The Kier molecular flexibility index (Phi) is 23.7. The summed E-state index contributed by atoms with van der Waals surface area (Å²) in [4.78, 5) is 49.5. The Morgan fingerprint density at radius 3 is 0.836 bits per heavy atom. The minimum atomic E-state index is -5.15. The van der Waals surface area contributed by atoms with Gasteiger partial charge >= 0.3 is 39.1 Å². The maximum atomic E-state index is 16.0. The van der Waals surface area contributed by atoms with Crippen LogP contribution in [0.4, 0.5) is 0 Å². The van der Waals surface area contributed by atoms with Crippen molar-refractivity contribution < 1.29 is 65.4 Å². The molecule has 0 aliphatic heterocycles. The predicted molar refractivity (Wildman–Crippen MR) is 238 cm³/mol. The predicted octanol–water partition coefficient (Wildman–Crippen LogP) is 12.5. The molecule has 0 aromatic carbocycles. The number of allylic oxidation sites excluding steroid dienone is 8. The van der Waals surface area contributed by atoms with Crippen LogP contribution in [-0.4, -0.2) is 55.9 Å². The first-order chi connectivity index (χ1) is 27.6. The standard InChI is InChI=1S/C45H78O14P2/c1-33(2)21-19-23-35(5)25-27-45(28-26-36(6)24-20-22-34(3)4,60(50,56-29-52-37(46)41(7,8)9)57-30-53-38(47)42(10,11)12)61(51,58-31-54-39(48)43(13,14)15)59-32-55-40(49)44(16,17)18/h21-22,25-26H,19-20,23-24,27-32H2,1-18H3/b35-25-,36-26-. The van der Waals surface area contributed by atoms with Crippen LogP contribution in [0.25, 0.3) is 0 Å². The van der Waals surface area contributed by atoms with Crippen LogP contribution in [0.5, 0.6) is 0 Å². The smallest absolute Gasteiger partial charge is 0.355 e. The highest BCUT2D eigenvalue weighted by Crippen LogP contribution is 2.80. The Morgan fingerprint density at radius 2 is 0.639 bits per heavy atom. The van der Waals surface area contributed by atoms with E-state index in [-0.39, 0.29) is 12.8 Å². The molecule has 0 spiro atoms. The maximum absolute atomic E-state index is 16.0. The van der Waals surface area contributed by atoms with Crippen LogP contribution >= 0.6 is 15.2 Å². The van der Waals surface area contributed by atoms with Crippen LogP contribution in [0.15, 0.2) is 46.6 Å². The molecule has 0 aromatic heterocycles. The highest BCUT2D eigenvalue weighted by Gasteiger charge is 2.65. The molecule has 0 N–H and O–H groups in total. The number of rotatable bonds is 24. The van der Waals surface area contributed by atoms with Gasteiger partial charge in [0.1, 0.15) is 0 Å². The van der Waals surface area contributed by atoms with Gasteiger partial charge in [-0.3, -0.25) is 46.4 Å². The van der Waals surface area contributed by atoms with Gasteiger partial charge in [0, 0.05) is 0 Å². The normalized spacial score (nSPS) is 13.6. The van der Waals surface area contributed by atoms with Crippen molar-refractivity contribution in [3.63, 3.8) is 0 Å². The first kappa shape index (κ1) is 58.1. The average Bonchev–Trinajstić information content (AvgIpc) is 3.09. The van der Waals surface area contributed by atoms with E-state index in [1.807, 2.05) is 41.5 Å². The van der Waals surface area contributed by atoms with Crippen molar-refractivity contribution in [2.24, 2.45) is 21.7 Å². The number of carbonyl (C=O) groups excluding carboxylic acids is 4. The first-order valence-corrected chi connectivity index (χ1v) is 23.8. The van der Waals surface area contributed by atoms with E-state index in [2.05, 4.69) is 12.2 Å². The third-order valence-corrected chi connectivity index (χ3v) is 14.9. The lowest BCUT2D eigenvalue weighted by Crippen LogP contribution is -2.35. The fourth-order valence-electron chi connectivity index (χ4n) is 4.76. The summed E-state index contributed by atoms with van der Waals surface area (Å²) in [6, 6.07) is 0. The van der Waals surface area contributed by atoms with Crippen LogP contribution < -0.4 is 0 Å². The summed E-state index contributed by atoms with van der Waals surface area (Å²) in [5.74, 6) is -2.86. The van der Waals surface area contributed by atoms with Crippen molar-refractivity contribution >= 4 is 39.1 Å². The minimum absolute atomic E-state index is 0.388. The highest BCUT2D eigenvalue weighted by atomic mass is 31.2. The van der Waals surface area contributed by atoms with Crippen molar-refractivity contribution in [2.45, 2.75) is 168 Å². The molecule has 0 saturated carbocycles. The fourth-order valence-corrected chi connectivity index (χ4v) is 9.78. The van der Waals surface area contributed by atoms with Gasteiger partial charge in [0.05, 0.1) is 21.7 Å². The summed E-state index contributed by atoms with van der Waals surface area (Å²) in [6.45, 7) is 27.1. The van der Waals surface area contributed by atoms with E-state index in [1.165, 1.54) is 0 Å². The fraction of sp³-hybridized carbons (Fsp3) is 0.733. The van der Waals surface area contributed by atoms with E-state index in [9.17, 15) is 19.2 Å². The third-order valence-electron chi connectivity index (χ3n) is 8.86. The second kappa shape index (κ2) is 24.8. The van der Waals surface area contributed by atoms with Crippen LogP contribution in [-0.2, 0) is 65.4 Å². The zero-order valence-electron chi connectivity index (χ0n) is 40.5. The molecule has 61 heavy (non-hydrogen) atoms. The monoisotopic (exact) mass is 904 g/mol. The molecule has 0 heterocycles. The molecule has 0 saturated heterocycles. The third kappa shape index (κ3) is 20.9. The molecule has 352 valence electrons. The van der Waals surface area contributed by atoms with E-state index in [0.29, 0.717) is 25.7 Å². The average molecular weight is 905 g/mol. The molecule has 0 fully saturated rings. The number of hydrogen-bond donors (Lipinski definition) is 0. The summed E-state index contributed by atoms with van der Waals surface area (Å²) in [5, 5.41) is 0. The van der Waals surface area contributed by atoms with Crippen molar-refractivity contribution in [2.75, 3.05) is 27.2 Å². The van der Waals surface area contributed by atoms with Gasteiger partial charge in [-0.2, -0.15) is 0 Å². The summed E-state index contributed by atoms with van der Waals surface area (Å²) in [5.41, 5.74) is -0.200. The zero-order valence-corrected chi connectivity index (χ0v) is 42.3. The van der Waals surface area contributed by atoms with Gasteiger partial charge in [0.2, 0.25) is 27.2 Å². The minimum Gasteiger partial charge on any atom is -0.438 e. The van der Waals surface area contributed by atoms with E-state index >= 15 is 9.13 Å². The number of carbonyl (C=O) groups is 4. The summed E-state index contributed by atoms with van der Waals surface area (Å²) in [7, 11) is -10.3. The van der Waals surface area contributed by atoms with Crippen molar-refractivity contribution in [3.05, 3.63) is 46.6 Å². The van der Waals surface area contributed by atoms with Gasteiger partial charge in [-0.25, -0.2) is 0 Å². The highest BCUT2D eigenvalue weighted by molar-refractivity contribution is 7.74. The molecule has 0 rings (SSSR count). The van der Waals surface area contributed by atoms with Crippen LogP contribution in [0.3, 0.4) is 0 Å². The number of esters is 4. The van der Waals surface area contributed by atoms with Gasteiger partial charge < -0.3 is 18.9 Å². The topological polar surface area (TPSA) is 176 Å². The Bertz CT molecular complexity index is 1490.